The average Bonchev–Trinajstić information content (AvgIpc) is 2.75. The Hall–Kier alpha value is -2.91. The molecule has 0 aliphatic carbocycles. The van der Waals surface area contributed by atoms with Crippen LogP contribution in [0.15, 0.2) is 48.8 Å². The normalized spacial score (nSPS) is 16.2. The molecule has 1 atom stereocenters. The molecule has 2 heterocycles. The highest BCUT2D eigenvalue weighted by molar-refractivity contribution is 6.06. The van der Waals surface area contributed by atoms with E-state index < -0.39 is 0 Å². The molecule has 0 N–H and O–H groups in total. The van der Waals surface area contributed by atoms with E-state index in [1.54, 1.807) is 31.6 Å². The maximum Gasteiger partial charge on any atom is 0.260 e. The summed E-state index contributed by atoms with van der Waals surface area (Å²) in [5, 5.41) is 8.95. The van der Waals surface area contributed by atoms with Crippen LogP contribution in [0, 0.1) is 11.3 Å². The van der Waals surface area contributed by atoms with E-state index in [1.807, 2.05) is 29.2 Å². The Bertz CT molecular complexity index is 809. The summed E-state index contributed by atoms with van der Waals surface area (Å²) in [5.41, 5.74) is 1.44. The van der Waals surface area contributed by atoms with Crippen LogP contribution in [0.2, 0.25) is 0 Å². The Morgan fingerprint density at radius 2 is 2.04 bits per heavy atom. The molecule has 1 aliphatic heterocycles. The van der Waals surface area contributed by atoms with Gasteiger partial charge in [0.2, 0.25) is 0 Å². The van der Waals surface area contributed by atoms with E-state index in [2.05, 4.69) is 22.9 Å². The van der Waals surface area contributed by atoms with E-state index in [9.17, 15) is 4.79 Å². The van der Waals surface area contributed by atoms with E-state index in [-0.39, 0.29) is 18.0 Å². The minimum absolute atomic E-state index is 0.0400. The van der Waals surface area contributed by atoms with Crippen LogP contribution in [0.3, 0.4) is 0 Å². The number of hydrogen-bond donors (Lipinski definition) is 0. The van der Waals surface area contributed by atoms with E-state index in [0.717, 1.165) is 37.4 Å². The van der Waals surface area contributed by atoms with Crippen molar-refractivity contribution in [1.82, 2.24) is 9.88 Å². The third-order valence-electron chi connectivity index (χ3n) is 5.35. The fourth-order valence-electron chi connectivity index (χ4n) is 3.71. The summed E-state index contributed by atoms with van der Waals surface area (Å²) in [5.74, 6) is 0.722. The highest BCUT2D eigenvalue weighted by Crippen LogP contribution is 2.28. The monoisotopic (exact) mass is 378 g/mol. The predicted octanol–water partition coefficient (Wildman–Crippen LogP) is 3.50. The molecule has 1 aromatic heterocycles. The number of carbonyl (C=O) groups is 1. The van der Waals surface area contributed by atoms with Gasteiger partial charge in [-0.2, -0.15) is 5.26 Å². The first-order valence-electron chi connectivity index (χ1n) is 9.62. The highest BCUT2D eigenvalue weighted by Gasteiger charge is 2.31. The number of pyridine rings is 1. The van der Waals surface area contributed by atoms with E-state index in [0.29, 0.717) is 12.0 Å². The predicted molar refractivity (Wildman–Crippen MR) is 108 cm³/mol. The topological polar surface area (TPSA) is 69.5 Å². The maximum absolute atomic E-state index is 13.3. The summed E-state index contributed by atoms with van der Waals surface area (Å²) >= 11 is 0. The zero-order valence-corrected chi connectivity index (χ0v) is 16.4. The third-order valence-corrected chi connectivity index (χ3v) is 5.35. The molecule has 1 fully saturated rings. The molecule has 0 unspecified atom stereocenters. The Labute approximate surface area is 166 Å². The van der Waals surface area contributed by atoms with Crippen LogP contribution in [-0.2, 0) is 0 Å². The van der Waals surface area contributed by atoms with Gasteiger partial charge in [0.15, 0.2) is 0 Å². The number of methoxy groups -OCH3 is 1. The number of piperidine rings is 1. The fourth-order valence-corrected chi connectivity index (χ4v) is 3.71. The first kappa shape index (κ1) is 19.8. The largest absolute Gasteiger partial charge is 0.497 e. The standard InChI is InChI=1S/C22H26N4O2/c1-17(9-12-23)25-14-10-20(11-15-25)26(19-5-7-21(28-2)8-6-19)22(27)18-4-3-13-24-16-18/h3-8,13,16-17,20H,9-11,14-15H2,1-2H3/t17-/m1/s1. The molecular formula is C22H26N4O2. The van der Waals surface area contributed by atoms with E-state index in [4.69, 9.17) is 10.00 Å². The van der Waals surface area contributed by atoms with Crippen LogP contribution in [0.25, 0.3) is 0 Å². The lowest BCUT2D eigenvalue weighted by Crippen LogP contribution is -2.49. The highest BCUT2D eigenvalue weighted by atomic mass is 16.5. The van der Waals surface area contributed by atoms with Crippen molar-refractivity contribution in [3.05, 3.63) is 54.4 Å². The number of hydrogen-bond acceptors (Lipinski definition) is 5. The van der Waals surface area contributed by atoms with Gasteiger partial charge in [0.05, 0.1) is 25.2 Å². The number of rotatable bonds is 6. The van der Waals surface area contributed by atoms with Crippen molar-refractivity contribution in [3.63, 3.8) is 0 Å². The van der Waals surface area contributed by atoms with Gasteiger partial charge < -0.3 is 9.64 Å². The second-order valence-electron chi connectivity index (χ2n) is 7.09. The summed E-state index contributed by atoms with van der Waals surface area (Å²) in [4.78, 5) is 21.6. The van der Waals surface area contributed by atoms with E-state index in [1.165, 1.54) is 0 Å². The molecule has 6 nitrogen and oxygen atoms in total. The SMILES string of the molecule is COc1ccc(N(C(=O)c2cccnc2)C2CCN([C@H](C)CC#N)CC2)cc1. The summed E-state index contributed by atoms with van der Waals surface area (Å²) in [6.07, 6.45) is 5.55. The molecule has 1 amide bonds. The molecule has 0 radical (unpaired) electrons. The lowest BCUT2D eigenvalue weighted by Gasteiger charge is -2.40. The number of amides is 1. The molecule has 6 heteroatoms. The number of ether oxygens (including phenoxy) is 1. The van der Waals surface area contributed by atoms with Crippen molar-refractivity contribution in [2.75, 3.05) is 25.1 Å². The van der Waals surface area contributed by atoms with Gasteiger partial charge in [0.25, 0.3) is 5.91 Å². The zero-order valence-electron chi connectivity index (χ0n) is 16.4. The van der Waals surface area contributed by atoms with Crippen LogP contribution in [0.5, 0.6) is 5.75 Å². The molecule has 3 rings (SSSR count). The molecular weight excluding hydrogens is 352 g/mol. The van der Waals surface area contributed by atoms with Crippen molar-refractivity contribution in [3.8, 4) is 11.8 Å². The molecule has 1 aliphatic rings. The van der Waals surface area contributed by atoms with Crippen molar-refractivity contribution in [2.24, 2.45) is 0 Å². The molecule has 1 aromatic carbocycles. The van der Waals surface area contributed by atoms with Gasteiger partial charge in [-0.05, 0) is 56.2 Å². The summed E-state index contributed by atoms with van der Waals surface area (Å²) < 4.78 is 5.26. The third kappa shape index (κ3) is 4.49. The van der Waals surface area contributed by atoms with Crippen LogP contribution < -0.4 is 9.64 Å². The minimum atomic E-state index is -0.0400. The number of aromatic nitrogens is 1. The van der Waals surface area contributed by atoms with Crippen LogP contribution in [0.1, 0.15) is 36.5 Å². The molecule has 1 saturated heterocycles. The molecule has 28 heavy (non-hydrogen) atoms. The van der Waals surface area contributed by atoms with Gasteiger partial charge in [-0.3, -0.25) is 14.7 Å². The maximum atomic E-state index is 13.3. The molecule has 0 saturated carbocycles. The van der Waals surface area contributed by atoms with Gasteiger partial charge in [0, 0.05) is 43.3 Å². The summed E-state index contributed by atoms with van der Waals surface area (Å²) in [6.45, 7) is 3.84. The number of nitriles is 1. The Morgan fingerprint density at radius 1 is 1.32 bits per heavy atom. The number of carbonyl (C=O) groups excluding carboxylic acids is 1. The van der Waals surface area contributed by atoms with Gasteiger partial charge in [-0.1, -0.05) is 0 Å². The zero-order chi connectivity index (χ0) is 19.9. The van der Waals surface area contributed by atoms with Crippen molar-refractivity contribution in [2.45, 2.75) is 38.3 Å². The molecule has 2 aromatic rings. The first-order chi connectivity index (χ1) is 13.6. The quantitative estimate of drug-likeness (QED) is 0.769. The van der Waals surface area contributed by atoms with Gasteiger partial charge in [-0.15, -0.1) is 0 Å². The van der Waals surface area contributed by atoms with Crippen LogP contribution in [0.4, 0.5) is 5.69 Å². The number of nitrogens with zero attached hydrogens (tertiary/aromatic N) is 4. The molecule has 0 spiro atoms. The van der Waals surface area contributed by atoms with Crippen molar-refractivity contribution < 1.29 is 9.53 Å². The lowest BCUT2D eigenvalue weighted by atomic mass is 9.99. The Morgan fingerprint density at radius 3 is 2.61 bits per heavy atom. The Kier molecular flexibility index (Phi) is 6.62. The van der Waals surface area contributed by atoms with E-state index >= 15 is 0 Å². The lowest BCUT2D eigenvalue weighted by molar-refractivity contribution is 0.0950. The second-order valence-corrected chi connectivity index (χ2v) is 7.09. The number of anilines is 1. The summed E-state index contributed by atoms with van der Waals surface area (Å²) in [7, 11) is 1.63. The van der Waals surface area contributed by atoms with Gasteiger partial charge >= 0.3 is 0 Å². The number of likely N-dealkylation sites (tertiary alicyclic amines) is 1. The fraction of sp³-hybridized carbons (Fsp3) is 0.409. The molecule has 0 bridgehead atoms. The Balaban J connectivity index is 1.83. The van der Waals surface area contributed by atoms with Gasteiger partial charge in [0.1, 0.15) is 5.75 Å². The number of benzene rings is 1. The van der Waals surface area contributed by atoms with Crippen molar-refractivity contribution >= 4 is 11.6 Å². The second kappa shape index (κ2) is 9.34. The average molecular weight is 378 g/mol. The summed E-state index contributed by atoms with van der Waals surface area (Å²) in [6, 6.07) is 13.8. The van der Waals surface area contributed by atoms with Gasteiger partial charge in [-0.25, -0.2) is 0 Å². The van der Waals surface area contributed by atoms with Crippen molar-refractivity contribution in [1.29, 1.82) is 5.26 Å². The first-order valence-corrected chi connectivity index (χ1v) is 9.62. The van der Waals surface area contributed by atoms with Crippen LogP contribution >= 0.6 is 0 Å². The smallest absolute Gasteiger partial charge is 0.260 e. The minimum Gasteiger partial charge on any atom is -0.497 e. The van der Waals surface area contributed by atoms with Crippen LogP contribution in [-0.4, -0.2) is 48.1 Å². The molecule has 146 valence electrons.